The van der Waals surface area contributed by atoms with Crippen LogP contribution in [0.2, 0.25) is 0 Å². The van der Waals surface area contributed by atoms with Gasteiger partial charge in [0, 0.05) is 18.2 Å². The van der Waals surface area contributed by atoms with Crippen LogP contribution in [0, 0.1) is 0 Å². The largest absolute Gasteiger partial charge is 0.497 e. The van der Waals surface area contributed by atoms with Gasteiger partial charge >= 0.3 is 0 Å². The number of benzene rings is 2. The molecular weight excluding hydrogens is 498 g/mol. The van der Waals surface area contributed by atoms with Crippen LogP contribution < -0.4 is 23.8 Å². The van der Waals surface area contributed by atoms with E-state index in [1.807, 2.05) is 20.8 Å². The third-order valence-electron chi connectivity index (χ3n) is 5.49. The van der Waals surface area contributed by atoms with Gasteiger partial charge < -0.3 is 24.4 Å². The normalized spacial score (nSPS) is 12.3. The fraction of sp³-hybridized carbons (Fsp3) is 0.462. The Bertz CT molecular complexity index is 1210. The van der Waals surface area contributed by atoms with Crippen molar-refractivity contribution >= 4 is 27.5 Å². The van der Waals surface area contributed by atoms with Crippen LogP contribution in [0.1, 0.15) is 33.3 Å². The molecule has 0 saturated carbocycles. The molecule has 2 amide bonds. The van der Waals surface area contributed by atoms with Gasteiger partial charge in [-0.1, -0.05) is 12.1 Å². The van der Waals surface area contributed by atoms with Crippen molar-refractivity contribution in [2.45, 2.75) is 45.8 Å². The second kappa shape index (κ2) is 12.2. The number of nitrogens with zero attached hydrogens (tertiary/aromatic N) is 2. The molecule has 2 aromatic rings. The smallest absolute Gasteiger partial charge is 0.244 e. The minimum atomic E-state index is -3.91. The highest BCUT2D eigenvalue weighted by atomic mass is 32.2. The SMILES string of the molecule is COc1cccc(CN(C(=O)CN(c2ccc(OC)cc2OC)S(C)(=O)=O)C(C)C(=O)NC(C)(C)C)c1. The van der Waals surface area contributed by atoms with E-state index in [-0.39, 0.29) is 23.9 Å². The molecule has 0 aromatic heterocycles. The average molecular weight is 536 g/mol. The van der Waals surface area contributed by atoms with Crippen molar-refractivity contribution < 1.29 is 32.2 Å². The Labute approximate surface area is 219 Å². The third kappa shape index (κ3) is 8.28. The van der Waals surface area contributed by atoms with E-state index in [2.05, 4.69) is 5.32 Å². The molecule has 0 aliphatic rings. The van der Waals surface area contributed by atoms with Crippen LogP contribution in [0.3, 0.4) is 0 Å². The van der Waals surface area contributed by atoms with Gasteiger partial charge in [0.15, 0.2) is 0 Å². The van der Waals surface area contributed by atoms with Crippen LogP contribution in [0.4, 0.5) is 5.69 Å². The van der Waals surface area contributed by atoms with Gasteiger partial charge in [-0.25, -0.2) is 8.42 Å². The summed E-state index contributed by atoms with van der Waals surface area (Å²) < 4.78 is 42.5. The number of ether oxygens (including phenoxy) is 3. The number of rotatable bonds is 11. The molecule has 2 aromatic carbocycles. The van der Waals surface area contributed by atoms with E-state index in [0.717, 1.165) is 16.1 Å². The van der Waals surface area contributed by atoms with E-state index in [9.17, 15) is 18.0 Å². The van der Waals surface area contributed by atoms with Crippen LogP contribution in [-0.2, 0) is 26.2 Å². The first-order valence-electron chi connectivity index (χ1n) is 11.6. The lowest BCUT2D eigenvalue weighted by atomic mass is 10.1. The summed E-state index contributed by atoms with van der Waals surface area (Å²) in [6.45, 7) is 6.65. The first-order valence-corrected chi connectivity index (χ1v) is 13.5. The first kappa shape index (κ1) is 29.8. The number of sulfonamides is 1. The number of carbonyl (C=O) groups excluding carboxylic acids is 2. The van der Waals surface area contributed by atoms with E-state index in [1.165, 1.54) is 38.4 Å². The van der Waals surface area contributed by atoms with E-state index in [1.54, 1.807) is 37.3 Å². The highest BCUT2D eigenvalue weighted by molar-refractivity contribution is 7.92. The zero-order valence-corrected chi connectivity index (χ0v) is 23.5. The van der Waals surface area contributed by atoms with Crippen molar-refractivity contribution in [2.24, 2.45) is 0 Å². The maximum Gasteiger partial charge on any atom is 0.244 e. The molecule has 11 heteroatoms. The van der Waals surface area contributed by atoms with E-state index >= 15 is 0 Å². The molecule has 0 spiro atoms. The van der Waals surface area contributed by atoms with Gasteiger partial charge in [0.2, 0.25) is 21.8 Å². The fourth-order valence-corrected chi connectivity index (χ4v) is 4.46. The summed E-state index contributed by atoms with van der Waals surface area (Å²) in [5.41, 5.74) is 0.369. The molecule has 1 N–H and O–H groups in total. The van der Waals surface area contributed by atoms with Crippen molar-refractivity contribution in [3.05, 3.63) is 48.0 Å². The number of hydrogen-bond donors (Lipinski definition) is 1. The quantitative estimate of drug-likeness (QED) is 0.471. The molecule has 37 heavy (non-hydrogen) atoms. The summed E-state index contributed by atoms with van der Waals surface area (Å²) in [5, 5.41) is 2.89. The lowest BCUT2D eigenvalue weighted by Gasteiger charge is -2.33. The van der Waals surface area contributed by atoms with Gasteiger partial charge in [0.25, 0.3) is 0 Å². The average Bonchev–Trinajstić information content (AvgIpc) is 2.83. The Hall–Kier alpha value is -3.47. The molecule has 0 radical (unpaired) electrons. The van der Waals surface area contributed by atoms with Crippen LogP contribution in [-0.4, -0.2) is 70.8 Å². The van der Waals surface area contributed by atoms with Gasteiger partial charge in [-0.3, -0.25) is 13.9 Å². The predicted molar refractivity (Wildman–Crippen MR) is 143 cm³/mol. The van der Waals surface area contributed by atoms with Crippen molar-refractivity contribution in [3.8, 4) is 17.2 Å². The van der Waals surface area contributed by atoms with E-state index in [4.69, 9.17) is 14.2 Å². The molecule has 0 fully saturated rings. The van der Waals surface area contributed by atoms with Gasteiger partial charge in [-0.2, -0.15) is 0 Å². The molecule has 2 rings (SSSR count). The van der Waals surface area contributed by atoms with Crippen LogP contribution in [0.15, 0.2) is 42.5 Å². The molecule has 10 nitrogen and oxygen atoms in total. The lowest BCUT2D eigenvalue weighted by molar-refractivity contribution is -0.140. The maximum absolute atomic E-state index is 13.7. The lowest BCUT2D eigenvalue weighted by Crippen LogP contribution is -2.54. The number of anilines is 1. The highest BCUT2D eigenvalue weighted by Crippen LogP contribution is 2.33. The Balaban J connectivity index is 2.49. The summed E-state index contributed by atoms with van der Waals surface area (Å²) in [7, 11) is 0.499. The maximum atomic E-state index is 13.7. The summed E-state index contributed by atoms with van der Waals surface area (Å²) in [6, 6.07) is 10.8. The first-order chi connectivity index (χ1) is 17.2. The number of hydrogen-bond acceptors (Lipinski definition) is 7. The molecule has 0 aliphatic carbocycles. The Morgan fingerprint density at radius 1 is 0.973 bits per heavy atom. The van der Waals surface area contributed by atoms with Gasteiger partial charge in [0.1, 0.15) is 29.8 Å². The van der Waals surface area contributed by atoms with Crippen LogP contribution in [0.25, 0.3) is 0 Å². The fourth-order valence-electron chi connectivity index (χ4n) is 3.61. The predicted octanol–water partition coefficient (Wildman–Crippen LogP) is 2.81. The Morgan fingerprint density at radius 3 is 2.14 bits per heavy atom. The van der Waals surface area contributed by atoms with Gasteiger partial charge in [-0.05, 0) is 57.5 Å². The molecular formula is C26H37N3O7S. The summed E-state index contributed by atoms with van der Waals surface area (Å²) in [4.78, 5) is 28.1. The molecule has 1 unspecified atom stereocenters. The molecule has 1 atom stereocenters. The number of methoxy groups -OCH3 is 3. The zero-order chi connectivity index (χ0) is 28.0. The Kier molecular flexibility index (Phi) is 9.80. The number of amides is 2. The van der Waals surface area contributed by atoms with Crippen molar-refractivity contribution in [1.82, 2.24) is 10.2 Å². The van der Waals surface area contributed by atoms with Crippen LogP contribution in [0.5, 0.6) is 17.2 Å². The molecule has 204 valence electrons. The zero-order valence-electron chi connectivity index (χ0n) is 22.7. The second-order valence-corrected chi connectivity index (χ2v) is 11.5. The standard InChI is InChI=1S/C26H37N3O7S/c1-18(25(31)27-26(2,3)4)28(16-19-10-9-11-20(14-19)34-5)24(30)17-29(37(8,32)33)22-13-12-21(35-6)15-23(22)36-7/h9-15,18H,16-17H2,1-8H3,(H,27,31). The number of nitrogens with one attached hydrogen (secondary N) is 1. The molecule has 0 aliphatic heterocycles. The number of carbonyl (C=O) groups is 2. The minimum Gasteiger partial charge on any atom is -0.497 e. The van der Waals surface area contributed by atoms with Crippen LogP contribution >= 0.6 is 0 Å². The van der Waals surface area contributed by atoms with Crippen molar-refractivity contribution in [1.29, 1.82) is 0 Å². The Morgan fingerprint density at radius 2 is 1.59 bits per heavy atom. The van der Waals surface area contributed by atoms with Crippen molar-refractivity contribution in [3.63, 3.8) is 0 Å². The third-order valence-corrected chi connectivity index (χ3v) is 6.61. The molecule has 0 saturated heterocycles. The monoisotopic (exact) mass is 535 g/mol. The summed E-state index contributed by atoms with van der Waals surface area (Å²) in [5.74, 6) is 0.347. The minimum absolute atomic E-state index is 0.0616. The second-order valence-electron chi connectivity index (χ2n) is 9.60. The summed E-state index contributed by atoms with van der Waals surface area (Å²) in [6.07, 6.45) is 1.01. The molecule has 0 bridgehead atoms. The van der Waals surface area contributed by atoms with Gasteiger partial charge in [0.05, 0.1) is 33.3 Å². The summed E-state index contributed by atoms with van der Waals surface area (Å²) >= 11 is 0. The highest BCUT2D eigenvalue weighted by Gasteiger charge is 2.32. The van der Waals surface area contributed by atoms with E-state index in [0.29, 0.717) is 11.5 Å². The van der Waals surface area contributed by atoms with E-state index < -0.39 is 34.1 Å². The molecule has 0 heterocycles. The van der Waals surface area contributed by atoms with Crippen molar-refractivity contribution in [2.75, 3.05) is 38.4 Å². The van der Waals surface area contributed by atoms with Gasteiger partial charge in [-0.15, -0.1) is 0 Å². The topological polar surface area (TPSA) is 114 Å².